The third-order valence-corrected chi connectivity index (χ3v) is 5.29. The number of rotatable bonds is 5. The van der Waals surface area contributed by atoms with Crippen LogP contribution in [0.2, 0.25) is 5.02 Å². The van der Waals surface area contributed by atoms with Gasteiger partial charge in [0.25, 0.3) is 0 Å². The normalized spacial score (nSPS) is 14.4. The van der Waals surface area contributed by atoms with Gasteiger partial charge in [0.15, 0.2) is 11.5 Å². The predicted molar refractivity (Wildman–Crippen MR) is 124 cm³/mol. The van der Waals surface area contributed by atoms with Gasteiger partial charge in [-0.05, 0) is 17.7 Å². The Bertz CT molecular complexity index is 1220. The summed E-state index contributed by atoms with van der Waals surface area (Å²) >= 11 is 6.05. The Morgan fingerprint density at radius 1 is 1.00 bits per heavy atom. The van der Waals surface area contributed by atoms with Crippen molar-refractivity contribution in [2.24, 2.45) is 5.10 Å². The molecule has 0 saturated carbocycles. The maximum Gasteiger partial charge on any atom is 0.160 e. The molecule has 0 unspecified atom stereocenters. The van der Waals surface area contributed by atoms with Gasteiger partial charge in [0.05, 0.1) is 25.1 Å². The zero-order valence-electron chi connectivity index (χ0n) is 16.8. The van der Waals surface area contributed by atoms with Crippen molar-refractivity contribution in [1.29, 1.82) is 0 Å². The highest BCUT2D eigenvalue weighted by Gasteiger charge is 2.18. The molecule has 4 aromatic rings. The van der Waals surface area contributed by atoms with E-state index in [9.17, 15) is 0 Å². The lowest BCUT2D eigenvalue weighted by atomic mass is 10.2. The van der Waals surface area contributed by atoms with Crippen molar-refractivity contribution in [2.45, 2.75) is 0 Å². The highest BCUT2D eigenvalue weighted by Crippen LogP contribution is 2.25. The molecule has 31 heavy (non-hydrogen) atoms. The van der Waals surface area contributed by atoms with Gasteiger partial charge in [-0.1, -0.05) is 54.1 Å². The molecule has 1 fully saturated rings. The predicted octanol–water partition coefficient (Wildman–Crippen LogP) is 4.33. The van der Waals surface area contributed by atoms with Crippen LogP contribution in [-0.2, 0) is 4.74 Å². The molecule has 0 bridgehead atoms. The van der Waals surface area contributed by atoms with E-state index in [0.29, 0.717) is 24.1 Å². The van der Waals surface area contributed by atoms with E-state index >= 15 is 0 Å². The lowest BCUT2D eigenvalue weighted by molar-refractivity contribution is 0.122. The quantitative estimate of drug-likeness (QED) is 0.375. The molecule has 5 rings (SSSR count). The van der Waals surface area contributed by atoms with Gasteiger partial charge in [-0.25, -0.2) is 4.98 Å². The van der Waals surface area contributed by atoms with E-state index in [1.807, 2.05) is 71.2 Å². The van der Waals surface area contributed by atoms with E-state index < -0.39 is 0 Å². The van der Waals surface area contributed by atoms with Crippen LogP contribution in [0.1, 0.15) is 5.56 Å². The number of aromatic nitrogens is 3. The first-order valence-corrected chi connectivity index (χ1v) is 10.5. The van der Waals surface area contributed by atoms with Gasteiger partial charge in [-0.2, -0.15) is 14.7 Å². The molecule has 7 nitrogen and oxygen atoms in total. The lowest BCUT2D eigenvalue weighted by Crippen LogP contribution is -2.37. The van der Waals surface area contributed by atoms with Crippen LogP contribution in [0.4, 0.5) is 11.6 Å². The molecule has 1 aliphatic heterocycles. The van der Waals surface area contributed by atoms with Gasteiger partial charge in [-0.15, -0.1) is 0 Å². The largest absolute Gasteiger partial charge is 0.378 e. The Balaban J connectivity index is 1.50. The van der Waals surface area contributed by atoms with Gasteiger partial charge < -0.3 is 9.64 Å². The summed E-state index contributed by atoms with van der Waals surface area (Å²) in [6.07, 6.45) is 1.72. The summed E-state index contributed by atoms with van der Waals surface area (Å²) < 4.78 is 7.41. The number of anilines is 2. The van der Waals surface area contributed by atoms with Crippen molar-refractivity contribution in [3.05, 3.63) is 77.3 Å². The molecule has 1 saturated heterocycles. The fraction of sp³-hybridized carbons (Fsp3) is 0.174. The van der Waals surface area contributed by atoms with Crippen LogP contribution < -0.4 is 10.3 Å². The minimum Gasteiger partial charge on any atom is -0.378 e. The Kier molecular flexibility index (Phi) is 5.52. The highest BCUT2D eigenvalue weighted by atomic mass is 35.5. The van der Waals surface area contributed by atoms with Crippen molar-refractivity contribution >= 4 is 35.1 Å². The van der Waals surface area contributed by atoms with Gasteiger partial charge in [0, 0.05) is 35.8 Å². The number of morpholine rings is 1. The molecule has 0 radical (unpaired) electrons. The SMILES string of the molecule is Clc1cccc(C=NNc2cc(N3CCOCC3)n3nc(-c4ccccc4)cc3n2)c1. The molecule has 3 heterocycles. The Labute approximate surface area is 184 Å². The third kappa shape index (κ3) is 4.38. The molecule has 1 aliphatic rings. The summed E-state index contributed by atoms with van der Waals surface area (Å²) in [5, 5.41) is 9.84. The van der Waals surface area contributed by atoms with Crippen LogP contribution in [0, 0.1) is 0 Å². The summed E-state index contributed by atoms with van der Waals surface area (Å²) in [6.45, 7) is 2.97. The van der Waals surface area contributed by atoms with Crippen molar-refractivity contribution in [1.82, 2.24) is 14.6 Å². The summed E-state index contributed by atoms with van der Waals surface area (Å²) in [7, 11) is 0. The van der Waals surface area contributed by atoms with Crippen LogP contribution in [-0.4, -0.2) is 47.1 Å². The fourth-order valence-corrected chi connectivity index (χ4v) is 3.74. The molecule has 8 heteroatoms. The van der Waals surface area contributed by atoms with Crippen LogP contribution in [0.3, 0.4) is 0 Å². The smallest absolute Gasteiger partial charge is 0.160 e. The number of ether oxygens (including phenoxy) is 1. The van der Waals surface area contributed by atoms with E-state index in [0.717, 1.165) is 41.4 Å². The zero-order chi connectivity index (χ0) is 21.0. The average molecular weight is 433 g/mol. The van der Waals surface area contributed by atoms with Crippen LogP contribution >= 0.6 is 11.6 Å². The average Bonchev–Trinajstić information content (AvgIpc) is 3.24. The second kappa shape index (κ2) is 8.75. The number of halogens is 1. The first-order chi connectivity index (χ1) is 15.3. The van der Waals surface area contributed by atoms with Crippen LogP contribution in [0.5, 0.6) is 0 Å². The second-order valence-electron chi connectivity index (χ2n) is 7.19. The fourth-order valence-electron chi connectivity index (χ4n) is 3.54. The van der Waals surface area contributed by atoms with E-state index in [2.05, 4.69) is 15.4 Å². The molecule has 0 atom stereocenters. The van der Waals surface area contributed by atoms with E-state index in [4.69, 9.17) is 26.4 Å². The molecule has 156 valence electrons. The third-order valence-electron chi connectivity index (χ3n) is 5.05. The molecular formula is C23H21ClN6O. The van der Waals surface area contributed by atoms with E-state index in [1.165, 1.54) is 0 Å². The van der Waals surface area contributed by atoms with Crippen molar-refractivity contribution in [2.75, 3.05) is 36.6 Å². The molecule has 2 aromatic heterocycles. The molecule has 0 aliphatic carbocycles. The van der Waals surface area contributed by atoms with E-state index in [-0.39, 0.29) is 0 Å². The number of hydrogen-bond acceptors (Lipinski definition) is 6. The Morgan fingerprint density at radius 2 is 1.84 bits per heavy atom. The molecule has 2 aromatic carbocycles. The summed E-state index contributed by atoms with van der Waals surface area (Å²) in [5.41, 5.74) is 6.64. The standard InChI is InChI=1S/C23H21ClN6O/c24-19-8-4-5-17(13-19)16-25-27-21-15-23(29-9-11-31-12-10-29)30-22(26-21)14-20(28-30)18-6-2-1-3-7-18/h1-8,13-16H,9-12H2,(H,26,27). The highest BCUT2D eigenvalue weighted by molar-refractivity contribution is 6.30. The maximum atomic E-state index is 6.05. The van der Waals surface area contributed by atoms with Crippen LogP contribution in [0.25, 0.3) is 16.9 Å². The zero-order valence-corrected chi connectivity index (χ0v) is 17.5. The Hall–Kier alpha value is -3.42. The second-order valence-corrected chi connectivity index (χ2v) is 7.63. The summed E-state index contributed by atoms with van der Waals surface area (Å²) in [5.74, 6) is 1.60. The first kappa shape index (κ1) is 19.5. The number of hydrogen-bond donors (Lipinski definition) is 1. The topological polar surface area (TPSA) is 67.0 Å². The van der Waals surface area contributed by atoms with Crippen LogP contribution in [0.15, 0.2) is 71.8 Å². The van der Waals surface area contributed by atoms with Gasteiger partial charge in [0.1, 0.15) is 5.82 Å². The monoisotopic (exact) mass is 432 g/mol. The minimum atomic E-state index is 0.645. The maximum absolute atomic E-state index is 6.05. The van der Waals surface area contributed by atoms with Crippen molar-refractivity contribution in [3.8, 4) is 11.3 Å². The summed E-state index contributed by atoms with van der Waals surface area (Å²) in [6, 6.07) is 21.6. The number of benzene rings is 2. The number of fused-ring (bicyclic) bond motifs is 1. The molecule has 0 amide bonds. The molecule has 1 N–H and O–H groups in total. The van der Waals surface area contributed by atoms with E-state index in [1.54, 1.807) is 6.21 Å². The molecular weight excluding hydrogens is 412 g/mol. The van der Waals surface area contributed by atoms with Crippen molar-refractivity contribution in [3.63, 3.8) is 0 Å². The van der Waals surface area contributed by atoms with Gasteiger partial charge >= 0.3 is 0 Å². The number of nitrogens with one attached hydrogen (secondary N) is 1. The first-order valence-electron chi connectivity index (χ1n) is 10.1. The molecule has 0 spiro atoms. The lowest BCUT2D eigenvalue weighted by Gasteiger charge is -2.29. The summed E-state index contributed by atoms with van der Waals surface area (Å²) in [4.78, 5) is 6.97. The number of hydrazone groups is 1. The van der Waals surface area contributed by atoms with Crippen molar-refractivity contribution < 1.29 is 4.74 Å². The Morgan fingerprint density at radius 3 is 2.65 bits per heavy atom. The number of nitrogens with zero attached hydrogens (tertiary/aromatic N) is 5. The van der Waals surface area contributed by atoms with Gasteiger partial charge in [0.2, 0.25) is 0 Å². The minimum absolute atomic E-state index is 0.645. The van der Waals surface area contributed by atoms with Gasteiger partial charge in [-0.3, -0.25) is 5.43 Å².